The number of piperidine rings is 1. The maximum atomic E-state index is 12.9. The molecule has 0 saturated carbocycles. The Balaban J connectivity index is 1.66. The lowest BCUT2D eigenvalue weighted by atomic mass is 9.94. The Morgan fingerprint density at radius 3 is 2.29 bits per heavy atom. The second-order valence-corrected chi connectivity index (χ2v) is 7.46. The lowest BCUT2D eigenvalue weighted by Crippen LogP contribution is -2.43. The largest absolute Gasteiger partial charge is 0.493 e. The van der Waals surface area contributed by atoms with E-state index in [9.17, 15) is 14.9 Å². The van der Waals surface area contributed by atoms with Crippen LogP contribution >= 0.6 is 0 Å². The molecular weight excluding hydrogens is 392 g/mol. The van der Waals surface area contributed by atoms with Gasteiger partial charge in [0.15, 0.2) is 23.4 Å². The van der Waals surface area contributed by atoms with Gasteiger partial charge in [0.25, 0.3) is 5.91 Å². The van der Waals surface area contributed by atoms with Gasteiger partial charge in [0.05, 0.1) is 18.8 Å². The summed E-state index contributed by atoms with van der Waals surface area (Å²) in [5.74, 6) is 0.646. The van der Waals surface area contributed by atoms with Gasteiger partial charge in [-0.05, 0) is 56.0 Å². The zero-order valence-electron chi connectivity index (χ0n) is 18.1. The molecule has 0 N–H and O–H groups in total. The van der Waals surface area contributed by atoms with Crippen LogP contribution < -0.4 is 9.47 Å². The minimum atomic E-state index is -0.702. The van der Waals surface area contributed by atoms with E-state index in [1.165, 1.54) is 14.0 Å². The minimum absolute atomic E-state index is 0.0709. The fourth-order valence-electron chi connectivity index (χ4n) is 3.68. The Morgan fingerprint density at radius 2 is 1.71 bits per heavy atom. The van der Waals surface area contributed by atoms with E-state index in [1.54, 1.807) is 30.0 Å². The number of carbonyl (C=O) groups excluding carboxylic acids is 2. The summed E-state index contributed by atoms with van der Waals surface area (Å²) >= 11 is 0. The third-order valence-corrected chi connectivity index (χ3v) is 5.43. The molecule has 0 aromatic heterocycles. The van der Waals surface area contributed by atoms with Crippen molar-refractivity contribution in [3.8, 4) is 17.6 Å². The van der Waals surface area contributed by atoms with Crippen LogP contribution in [0.25, 0.3) is 5.57 Å². The van der Waals surface area contributed by atoms with E-state index >= 15 is 0 Å². The first-order valence-corrected chi connectivity index (χ1v) is 10.3. The second kappa shape index (κ2) is 9.94. The lowest BCUT2D eigenvalue weighted by Gasteiger charge is -2.31. The molecular formula is C25H26N2O4. The van der Waals surface area contributed by atoms with Crippen molar-refractivity contribution in [2.24, 2.45) is 0 Å². The predicted molar refractivity (Wildman–Crippen MR) is 118 cm³/mol. The summed E-state index contributed by atoms with van der Waals surface area (Å²) in [6.45, 7) is 4.27. The number of likely N-dealkylation sites (tertiary alicyclic amines) is 1. The topological polar surface area (TPSA) is 79.6 Å². The van der Waals surface area contributed by atoms with E-state index in [0.717, 1.165) is 11.1 Å². The second-order valence-electron chi connectivity index (χ2n) is 7.46. The molecule has 1 saturated heterocycles. The molecule has 2 aromatic rings. The lowest BCUT2D eigenvalue weighted by molar-refractivity contribution is -0.138. The van der Waals surface area contributed by atoms with Gasteiger partial charge < -0.3 is 14.4 Å². The van der Waals surface area contributed by atoms with E-state index in [4.69, 9.17) is 9.47 Å². The normalized spacial score (nSPS) is 14.4. The number of nitrogens with zero attached hydrogens (tertiary/aromatic N) is 2. The van der Waals surface area contributed by atoms with Crippen LogP contribution in [-0.4, -0.2) is 42.9 Å². The smallest absolute Gasteiger partial charge is 0.263 e. The standard InChI is InChI=1S/C25H26N2O4/c1-17(28)21-9-10-23(24(15-21)30-3)31-18(2)25(29)27-13-11-20(12-14-27)22(16-26)19-7-5-4-6-8-19/h4-10,15,18H,11-14H2,1-3H3. The third kappa shape index (κ3) is 5.13. The molecule has 0 radical (unpaired) electrons. The van der Waals surface area contributed by atoms with Gasteiger partial charge in [-0.15, -0.1) is 0 Å². The fraction of sp³-hybridized carbons (Fsp3) is 0.320. The molecule has 160 valence electrons. The highest BCUT2D eigenvalue weighted by Crippen LogP contribution is 2.30. The maximum absolute atomic E-state index is 12.9. The highest BCUT2D eigenvalue weighted by molar-refractivity contribution is 5.94. The molecule has 2 aromatic carbocycles. The SMILES string of the molecule is COc1cc(C(C)=O)ccc1OC(C)C(=O)N1CCC(=C(C#N)c2ccccc2)CC1. The summed E-state index contributed by atoms with van der Waals surface area (Å²) in [5, 5.41) is 9.62. The summed E-state index contributed by atoms with van der Waals surface area (Å²) in [6.07, 6.45) is 0.618. The molecule has 1 amide bonds. The zero-order chi connectivity index (χ0) is 22.4. The van der Waals surface area contributed by atoms with Crippen LogP contribution in [0.2, 0.25) is 0 Å². The van der Waals surface area contributed by atoms with Gasteiger partial charge >= 0.3 is 0 Å². The molecule has 1 fully saturated rings. The summed E-state index contributed by atoms with van der Waals surface area (Å²) in [6, 6.07) is 16.9. The van der Waals surface area contributed by atoms with Gasteiger partial charge in [-0.2, -0.15) is 5.26 Å². The van der Waals surface area contributed by atoms with Crippen molar-refractivity contribution in [2.45, 2.75) is 32.8 Å². The summed E-state index contributed by atoms with van der Waals surface area (Å²) in [5.41, 5.74) is 3.21. The molecule has 0 bridgehead atoms. The third-order valence-electron chi connectivity index (χ3n) is 5.43. The summed E-state index contributed by atoms with van der Waals surface area (Å²) in [4.78, 5) is 26.3. The molecule has 1 unspecified atom stereocenters. The van der Waals surface area contributed by atoms with Crippen LogP contribution in [0.1, 0.15) is 42.6 Å². The Kier molecular flexibility index (Phi) is 7.09. The number of amides is 1. The number of nitriles is 1. The number of Topliss-reactive ketones (excluding diaryl/α,β-unsaturated/α-hetero) is 1. The number of methoxy groups -OCH3 is 1. The monoisotopic (exact) mass is 418 g/mol. The number of ketones is 1. The van der Waals surface area contributed by atoms with E-state index in [2.05, 4.69) is 6.07 Å². The van der Waals surface area contributed by atoms with Crippen molar-refractivity contribution in [1.29, 1.82) is 5.26 Å². The quantitative estimate of drug-likeness (QED) is 0.517. The van der Waals surface area contributed by atoms with Crippen LogP contribution in [0.15, 0.2) is 54.1 Å². The minimum Gasteiger partial charge on any atom is -0.493 e. The molecule has 3 rings (SSSR count). The molecule has 31 heavy (non-hydrogen) atoms. The van der Waals surface area contributed by atoms with Crippen LogP contribution in [0.3, 0.4) is 0 Å². The van der Waals surface area contributed by atoms with Gasteiger partial charge in [-0.3, -0.25) is 9.59 Å². The first kappa shape index (κ1) is 22.1. The van der Waals surface area contributed by atoms with Crippen molar-refractivity contribution in [3.05, 3.63) is 65.2 Å². The number of allylic oxidation sites excluding steroid dienone is 1. The molecule has 1 aliphatic rings. The van der Waals surface area contributed by atoms with Gasteiger partial charge in [-0.25, -0.2) is 0 Å². The molecule has 1 atom stereocenters. The average molecular weight is 418 g/mol. The molecule has 1 heterocycles. The molecule has 1 aliphatic heterocycles. The predicted octanol–water partition coefficient (Wildman–Crippen LogP) is 4.26. The summed E-state index contributed by atoms with van der Waals surface area (Å²) in [7, 11) is 1.50. The van der Waals surface area contributed by atoms with E-state index in [-0.39, 0.29) is 11.7 Å². The van der Waals surface area contributed by atoms with E-state index in [1.807, 2.05) is 30.3 Å². The van der Waals surface area contributed by atoms with Gasteiger partial charge in [0.1, 0.15) is 0 Å². The van der Waals surface area contributed by atoms with Crippen LogP contribution in [0.4, 0.5) is 0 Å². The Morgan fingerprint density at radius 1 is 1.03 bits per heavy atom. The zero-order valence-corrected chi connectivity index (χ0v) is 18.1. The highest BCUT2D eigenvalue weighted by atomic mass is 16.5. The number of ether oxygens (including phenoxy) is 2. The number of rotatable bonds is 6. The van der Waals surface area contributed by atoms with Crippen LogP contribution in [0.5, 0.6) is 11.5 Å². The van der Waals surface area contributed by atoms with Crippen molar-refractivity contribution >= 4 is 17.3 Å². The number of benzene rings is 2. The highest BCUT2D eigenvalue weighted by Gasteiger charge is 2.27. The van der Waals surface area contributed by atoms with Gasteiger partial charge in [0, 0.05) is 18.7 Å². The number of hydrogen-bond acceptors (Lipinski definition) is 5. The van der Waals surface area contributed by atoms with Crippen LogP contribution in [0, 0.1) is 11.3 Å². The Hall–Kier alpha value is -3.59. The molecule has 6 heteroatoms. The average Bonchev–Trinajstić information content (AvgIpc) is 2.80. The number of carbonyl (C=O) groups is 2. The number of hydrogen-bond donors (Lipinski definition) is 0. The van der Waals surface area contributed by atoms with Gasteiger partial charge in [0.2, 0.25) is 0 Å². The summed E-state index contributed by atoms with van der Waals surface area (Å²) < 4.78 is 11.2. The van der Waals surface area contributed by atoms with Crippen molar-refractivity contribution in [3.63, 3.8) is 0 Å². The molecule has 0 spiro atoms. The van der Waals surface area contributed by atoms with Crippen molar-refractivity contribution in [1.82, 2.24) is 4.90 Å². The maximum Gasteiger partial charge on any atom is 0.263 e. The van der Waals surface area contributed by atoms with E-state index in [0.29, 0.717) is 48.6 Å². The Bertz CT molecular complexity index is 1030. The van der Waals surface area contributed by atoms with Crippen molar-refractivity contribution in [2.75, 3.05) is 20.2 Å². The van der Waals surface area contributed by atoms with E-state index < -0.39 is 6.10 Å². The molecule has 6 nitrogen and oxygen atoms in total. The van der Waals surface area contributed by atoms with Crippen LogP contribution in [-0.2, 0) is 4.79 Å². The molecule has 0 aliphatic carbocycles. The Labute approximate surface area is 182 Å². The van der Waals surface area contributed by atoms with Crippen molar-refractivity contribution < 1.29 is 19.1 Å². The first-order chi connectivity index (χ1) is 14.9. The van der Waals surface area contributed by atoms with Gasteiger partial charge in [-0.1, -0.05) is 30.3 Å². The fourth-order valence-corrected chi connectivity index (χ4v) is 3.68. The first-order valence-electron chi connectivity index (χ1n) is 10.3.